The fourth-order valence-corrected chi connectivity index (χ4v) is 4.28. The highest BCUT2D eigenvalue weighted by Gasteiger charge is 2.18. The van der Waals surface area contributed by atoms with E-state index >= 15 is 0 Å². The maximum absolute atomic E-state index is 12.5. The minimum atomic E-state index is -0.0124. The number of carbonyl (C=O) groups is 1. The summed E-state index contributed by atoms with van der Waals surface area (Å²) in [5.41, 5.74) is 2.59. The summed E-state index contributed by atoms with van der Waals surface area (Å²) < 4.78 is 0. The number of hydrogen-bond donors (Lipinski definition) is 1. The third-order valence-electron chi connectivity index (χ3n) is 6.10. The fraction of sp³-hybridized carbons (Fsp3) is 0.522. The van der Waals surface area contributed by atoms with Crippen LogP contribution in [-0.4, -0.2) is 59.5 Å². The molecule has 0 spiro atoms. The van der Waals surface area contributed by atoms with Crippen molar-refractivity contribution in [1.82, 2.24) is 20.2 Å². The number of aromatic nitrogens is 2. The highest BCUT2D eigenvalue weighted by atomic mass is 16.1. The smallest absolute Gasteiger partial charge is 0.251 e. The molecule has 3 heterocycles. The van der Waals surface area contributed by atoms with Crippen LogP contribution in [0.4, 0.5) is 5.95 Å². The maximum Gasteiger partial charge on any atom is 0.251 e. The van der Waals surface area contributed by atoms with Crippen LogP contribution in [0.3, 0.4) is 0 Å². The van der Waals surface area contributed by atoms with Gasteiger partial charge in [-0.2, -0.15) is 0 Å². The second kappa shape index (κ2) is 9.35. The zero-order valence-corrected chi connectivity index (χ0v) is 17.3. The van der Waals surface area contributed by atoms with Gasteiger partial charge < -0.3 is 10.2 Å². The quantitative estimate of drug-likeness (QED) is 0.816. The van der Waals surface area contributed by atoms with Crippen molar-refractivity contribution < 1.29 is 4.79 Å². The topological polar surface area (TPSA) is 61.4 Å². The van der Waals surface area contributed by atoms with Gasteiger partial charge in [0.15, 0.2) is 0 Å². The number of amides is 1. The van der Waals surface area contributed by atoms with Crippen LogP contribution in [-0.2, 0) is 0 Å². The molecule has 1 aromatic carbocycles. The number of rotatable bonds is 6. The Hall–Kier alpha value is -2.47. The highest BCUT2D eigenvalue weighted by molar-refractivity contribution is 5.94. The first-order valence-electron chi connectivity index (χ1n) is 10.9. The Labute approximate surface area is 173 Å². The lowest BCUT2D eigenvalue weighted by Crippen LogP contribution is -2.42. The number of hydrogen-bond acceptors (Lipinski definition) is 5. The maximum atomic E-state index is 12.5. The van der Waals surface area contributed by atoms with E-state index in [-0.39, 0.29) is 5.91 Å². The minimum Gasteiger partial charge on any atom is -0.351 e. The molecule has 29 heavy (non-hydrogen) atoms. The molecule has 6 nitrogen and oxygen atoms in total. The Kier molecular flexibility index (Phi) is 6.39. The lowest BCUT2D eigenvalue weighted by atomic mass is 10.0. The van der Waals surface area contributed by atoms with Crippen molar-refractivity contribution in [3.63, 3.8) is 0 Å². The Morgan fingerprint density at radius 2 is 1.83 bits per heavy atom. The van der Waals surface area contributed by atoms with Crippen LogP contribution in [0.2, 0.25) is 0 Å². The van der Waals surface area contributed by atoms with Crippen LogP contribution < -0.4 is 10.2 Å². The first-order chi connectivity index (χ1) is 14.2. The van der Waals surface area contributed by atoms with Crippen LogP contribution in [0, 0.1) is 0 Å². The fourth-order valence-electron chi connectivity index (χ4n) is 4.28. The summed E-state index contributed by atoms with van der Waals surface area (Å²) in [6, 6.07) is 10.2. The van der Waals surface area contributed by atoms with Gasteiger partial charge in [0.1, 0.15) is 0 Å². The average molecular weight is 394 g/mol. The average Bonchev–Trinajstić information content (AvgIpc) is 3.30. The van der Waals surface area contributed by atoms with Gasteiger partial charge >= 0.3 is 0 Å². The van der Waals surface area contributed by atoms with Gasteiger partial charge in [-0.25, -0.2) is 9.97 Å². The molecular weight excluding hydrogens is 362 g/mol. The van der Waals surface area contributed by atoms with Crippen LogP contribution >= 0.6 is 0 Å². The van der Waals surface area contributed by atoms with E-state index in [1.54, 1.807) is 0 Å². The SMILES string of the molecule is C[C@H]1CCCCN1CCNC(=O)c1ccc(-c2ccnc(N3CCCC3)n2)cc1. The lowest BCUT2D eigenvalue weighted by molar-refractivity contribution is 0.0938. The minimum absolute atomic E-state index is 0.0124. The van der Waals surface area contributed by atoms with E-state index in [0.29, 0.717) is 18.2 Å². The molecular formula is C23H31N5O. The molecule has 0 bridgehead atoms. The van der Waals surface area contributed by atoms with Crippen molar-refractivity contribution in [2.75, 3.05) is 37.6 Å². The van der Waals surface area contributed by atoms with Crippen molar-refractivity contribution in [3.05, 3.63) is 42.1 Å². The molecule has 154 valence electrons. The van der Waals surface area contributed by atoms with Gasteiger partial charge in [0.05, 0.1) is 5.69 Å². The second-order valence-electron chi connectivity index (χ2n) is 8.15. The number of carbonyl (C=O) groups excluding carboxylic acids is 1. The first kappa shape index (κ1) is 19.8. The summed E-state index contributed by atoms with van der Waals surface area (Å²) in [7, 11) is 0. The summed E-state index contributed by atoms with van der Waals surface area (Å²) in [5, 5.41) is 3.06. The monoisotopic (exact) mass is 393 g/mol. The number of anilines is 1. The van der Waals surface area contributed by atoms with Gasteiger partial charge in [-0.05, 0) is 57.4 Å². The Bertz CT molecular complexity index is 816. The third-order valence-corrected chi connectivity index (χ3v) is 6.10. The number of benzene rings is 1. The van der Waals surface area contributed by atoms with Crippen LogP contribution in [0.1, 0.15) is 49.4 Å². The van der Waals surface area contributed by atoms with Gasteiger partial charge in [0.2, 0.25) is 5.95 Å². The summed E-state index contributed by atoms with van der Waals surface area (Å²) in [6.07, 6.45) is 8.07. The van der Waals surface area contributed by atoms with Gasteiger partial charge in [0.25, 0.3) is 5.91 Å². The number of nitrogens with zero attached hydrogens (tertiary/aromatic N) is 4. The second-order valence-corrected chi connectivity index (χ2v) is 8.15. The highest BCUT2D eigenvalue weighted by Crippen LogP contribution is 2.22. The molecule has 2 saturated heterocycles. The van der Waals surface area contributed by atoms with E-state index in [1.807, 2.05) is 36.5 Å². The molecule has 0 aliphatic carbocycles. The van der Waals surface area contributed by atoms with Crippen LogP contribution in [0.5, 0.6) is 0 Å². The molecule has 4 rings (SSSR count). The van der Waals surface area contributed by atoms with E-state index in [1.165, 1.54) is 32.1 Å². The van der Waals surface area contributed by atoms with Crippen molar-refractivity contribution in [3.8, 4) is 11.3 Å². The molecule has 0 radical (unpaired) electrons. The molecule has 0 saturated carbocycles. The van der Waals surface area contributed by atoms with Crippen molar-refractivity contribution in [2.24, 2.45) is 0 Å². The normalized spacial score (nSPS) is 20.0. The summed E-state index contributed by atoms with van der Waals surface area (Å²) >= 11 is 0. The molecule has 1 atom stereocenters. The molecule has 2 aromatic rings. The largest absolute Gasteiger partial charge is 0.351 e. The van der Waals surface area contributed by atoms with E-state index in [0.717, 1.165) is 43.4 Å². The molecule has 1 amide bonds. The lowest BCUT2D eigenvalue weighted by Gasteiger charge is -2.33. The van der Waals surface area contributed by atoms with Crippen molar-refractivity contribution >= 4 is 11.9 Å². The zero-order valence-electron chi connectivity index (χ0n) is 17.3. The summed E-state index contributed by atoms with van der Waals surface area (Å²) in [6.45, 7) is 7.09. The zero-order chi connectivity index (χ0) is 20.1. The molecule has 0 unspecified atom stereocenters. The molecule has 2 aliphatic heterocycles. The third kappa shape index (κ3) is 4.93. The van der Waals surface area contributed by atoms with E-state index in [2.05, 4.69) is 27.0 Å². The predicted octanol–water partition coefficient (Wildman–Crippen LogP) is 3.35. The summed E-state index contributed by atoms with van der Waals surface area (Å²) in [4.78, 5) is 26.3. The standard InChI is InChI=1S/C23H31N5O/c1-18-6-2-3-14-27(18)17-13-24-22(29)20-9-7-19(8-10-20)21-11-12-25-23(26-21)28-15-4-5-16-28/h7-12,18H,2-6,13-17H2,1H3,(H,24,29)/t18-/m0/s1. The Morgan fingerprint density at radius 1 is 1.07 bits per heavy atom. The van der Waals surface area contributed by atoms with Gasteiger partial charge in [-0.1, -0.05) is 18.6 Å². The number of likely N-dealkylation sites (tertiary alicyclic amines) is 1. The van der Waals surface area contributed by atoms with E-state index in [9.17, 15) is 4.79 Å². The first-order valence-corrected chi connectivity index (χ1v) is 10.9. The number of piperidine rings is 1. The number of nitrogens with one attached hydrogen (secondary N) is 1. The molecule has 2 aliphatic rings. The van der Waals surface area contributed by atoms with E-state index < -0.39 is 0 Å². The van der Waals surface area contributed by atoms with Gasteiger partial charge in [-0.3, -0.25) is 9.69 Å². The molecule has 6 heteroatoms. The molecule has 1 aromatic heterocycles. The Balaban J connectivity index is 1.34. The van der Waals surface area contributed by atoms with Gasteiger partial charge in [-0.15, -0.1) is 0 Å². The van der Waals surface area contributed by atoms with Crippen molar-refractivity contribution in [1.29, 1.82) is 0 Å². The van der Waals surface area contributed by atoms with E-state index in [4.69, 9.17) is 4.98 Å². The summed E-state index contributed by atoms with van der Waals surface area (Å²) in [5.74, 6) is 0.787. The van der Waals surface area contributed by atoms with Crippen LogP contribution in [0.25, 0.3) is 11.3 Å². The predicted molar refractivity (Wildman–Crippen MR) is 116 cm³/mol. The molecule has 1 N–H and O–H groups in total. The van der Waals surface area contributed by atoms with Crippen LogP contribution in [0.15, 0.2) is 36.5 Å². The van der Waals surface area contributed by atoms with Crippen molar-refractivity contribution in [2.45, 2.75) is 45.1 Å². The Morgan fingerprint density at radius 3 is 2.59 bits per heavy atom. The van der Waals surface area contributed by atoms with Gasteiger partial charge in [0, 0.05) is 49.5 Å². The molecule has 2 fully saturated rings.